The number of nitrogens with two attached hydrogens (primary N) is 1. The van der Waals surface area contributed by atoms with Crippen molar-refractivity contribution in [3.8, 4) is 22.3 Å². The maximum Gasteiger partial charge on any atom is 0.261 e. The fraction of sp³-hybridized carbons (Fsp3) is 0.478. The van der Waals surface area contributed by atoms with Gasteiger partial charge >= 0.3 is 0 Å². The van der Waals surface area contributed by atoms with Crippen LogP contribution in [0.4, 0.5) is 5.69 Å². The molecule has 4 aromatic carbocycles. The Kier molecular flexibility index (Phi) is 18.4. The monoisotopic (exact) mass is 847 g/mol. The topological polar surface area (TPSA) is 80.4 Å². The van der Waals surface area contributed by atoms with Crippen molar-refractivity contribution >= 4 is 29.0 Å². The Morgan fingerprint density at radius 1 is 0.679 bits per heavy atom. The molecule has 6 rings (SSSR count). The fourth-order valence-electron chi connectivity index (χ4n) is 8.12. The van der Waals surface area contributed by atoms with Gasteiger partial charge < -0.3 is 5.73 Å². The molecule has 0 spiro atoms. The number of hydrogen-bond donors (Lipinski definition) is 2. The molecule has 0 bridgehead atoms. The Bertz CT molecular complexity index is 1740. The summed E-state index contributed by atoms with van der Waals surface area (Å²) in [6.45, 7) is 14.3. The minimum Gasteiger partial charge on any atom is -0.406 e. The predicted octanol–water partition coefficient (Wildman–Crippen LogP) is 12.5. The van der Waals surface area contributed by atoms with Crippen molar-refractivity contribution in [3.05, 3.63) is 108 Å². The van der Waals surface area contributed by atoms with Crippen molar-refractivity contribution in [2.24, 2.45) is 0 Å². The van der Waals surface area contributed by atoms with Crippen LogP contribution in [0, 0.1) is 6.07 Å². The van der Waals surface area contributed by atoms with E-state index in [2.05, 4.69) is 84.0 Å². The zero-order valence-electron chi connectivity index (χ0n) is 33.1. The minimum absolute atomic E-state index is 0. The third-order valence-corrected chi connectivity index (χ3v) is 14.7. The molecule has 7 heteroatoms. The molecule has 0 aromatic heterocycles. The maximum absolute atomic E-state index is 9.19. The van der Waals surface area contributed by atoms with Crippen LogP contribution >= 0.6 is 7.92 Å². The van der Waals surface area contributed by atoms with Crippen LogP contribution in [0.15, 0.2) is 84.9 Å². The van der Waals surface area contributed by atoms with E-state index in [9.17, 15) is 8.42 Å². The molecule has 0 amide bonds. The van der Waals surface area contributed by atoms with Gasteiger partial charge in [-0.2, -0.15) is 8.42 Å². The number of para-hydroxylation sites is 1. The standard InChI is InChI=1S/C33H49P.C12H10N.CH4O3S.Pd/c1-23(2)26-21-30(24(3)4)33(31(22-26)25(5)6)29-19-13-14-20-32(29)34(27-15-9-7-10-16-27)28-17-11-8-12-18-28;13-12-9-5-4-8-11(12)10-6-2-1-3-7-10;1-5(2,3)4;/h13-14,19-25,27-28H,7-12,15-18H2,1-6H3;1-6,8-9H,13H2;1H3,(H,2,3,4);/q;-1;;/p+1. The van der Waals surface area contributed by atoms with Crippen LogP contribution in [0.1, 0.15) is 140 Å². The summed E-state index contributed by atoms with van der Waals surface area (Å²) in [6, 6.07) is 33.7. The summed E-state index contributed by atoms with van der Waals surface area (Å²) < 4.78 is 25.9. The van der Waals surface area contributed by atoms with E-state index in [4.69, 9.17) is 10.3 Å². The smallest absolute Gasteiger partial charge is 0.261 e. The van der Waals surface area contributed by atoms with Crippen molar-refractivity contribution in [1.29, 1.82) is 0 Å². The molecule has 3 N–H and O–H groups in total. The Hall–Kier alpha value is -2.32. The largest absolute Gasteiger partial charge is 0.406 e. The SMILES string of the molecule is CC(C)c1cc(C(C)C)c(-c2ccccc2[PH+](C2CCCCC2)C2CCCCC2)c(C(C)C)c1.CS(=O)(=O)O.Nc1ccccc1-c1[c-]cccc1.[Pd]. The first-order valence-electron chi connectivity index (χ1n) is 19.6. The normalized spacial score (nSPS) is 15.4. The average molecular weight is 848 g/mol. The second kappa shape index (κ2) is 21.7. The number of anilines is 1. The van der Waals surface area contributed by atoms with E-state index in [-0.39, 0.29) is 20.4 Å². The van der Waals surface area contributed by atoms with Gasteiger partial charge in [0, 0.05) is 33.9 Å². The fourth-order valence-corrected chi connectivity index (χ4v) is 12.5. The first-order chi connectivity index (χ1) is 24.8. The predicted molar refractivity (Wildman–Crippen MR) is 228 cm³/mol. The van der Waals surface area contributed by atoms with Crippen LogP contribution < -0.4 is 11.0 Å². The summed E-state index contributed by atoms with van der Waals surface area (Å²) in [7, 11) is -4.28. The third kappa shape index (κ3) is 13.4. The Labute approximate surface area is 337 Å². The van der Waals surface area contributed by atoms with Gasteiger partial charge in [-0.15, -0.1) is 35.9 Å². The van der Waals surface area contributed by atoms with E-state index >= 15 is 0 Å². The van der Waals surface area contributed by atoms with E-state index in [1.165, 1.54) is 69.8 Å². The first-order valence-corrected chi connectivity index (χ1v) is 23.1. The summed E-state index contributed by atoms with van der Waals surface area (Å²) in [5.74, 6) is 1.65. The van der Waals surface area contributed by atoms with Crippen molar-refractivity contribution in [1.82, 2.24) is 0 Å². The van der Waals surface area contributed by atoms with Gasteiger partial charge in [-0.25, -0.2) is 0 Å². The molecule has 2 saturated carbocycles. The van der Waals surface area contributed by atoms with E-state index in [1.807, 2.05) is 48.5 Å². The van der Waals surface area contributed by atoms with Gasteiger partial charge in [-0.05, 0) is 109 Å². The summed E-state index contributed by atoms with van der Waals surface area (Å²) in [4.78, 5) is 0. The van der Waals surface area contributed by atoms with Gasteiger partial charge in [-0.1, -0.05) is 108 Å². The number of benzene rings is 4. The van der Waals surface area contributed by atoms with Gasteiger partial charge in [0.15, 0.2) is 0 Å². The van der Waals surface area contributed by atoms with E-state index in [0.29, 0.717) is 24.0 Å². The summed E-state index contributed by atoms with van der Waals surface area (Å²) in [6.07, 6.45) is 15.4. The molecule has 0 saturated heterocycles. The molecule has 0 unspecified atom stereocenters. The van der Waals surface area contributed by atoms with Crippen LogP contribution in [-0.4, -0.2) is 30.5 Å². The molecule has 2 aliphatic carbocycles. The van der Waals surface area contributed by atoms with E-state index in [0.717, 1.165) is 28.1 Å². The summed E-state index contributed by atoms with van der Waals surface area (Å²) >= 11 is 0. The summed E-state index contributed by atoms with van der Waals surface area (Å²) in [5, 5.41) is 1.78. The van der Waals surface area contributed by atoms with E-state index in [1.54, 1.807) is 27.6 Å². The van der Waals surface area contributed by atoms with Crippen molar-refractivity contribution in [2.75, 3.05) is 12.0 Å². The Morgan fingerprint density at radius 2 is 1.13 bits per heavy atom. The Balaban J connectivity index is 0.000000327. The zero-order valence-corrected chi connectivity index (χ0v) is 36.5. The molecule has 4 aromatic rings. The molecule has 0 aliphatic heterocycles. The van der Waals surface area contributed by atoms with Gasteiger partial charge in [0.25, 0.3) is 10.1 Å². The van der Waals surface area contributed by atoms with Gasteiger partial charge in [0.1, 0.15) is 0 Å². The number of nitrogen functional groups attached to an aromatic ring is 1. The Morgan fingerprint density at radius 3 is 1.57 bits per heavy atom. The second-order valence-corrected chi connectivity index (χ2v) is 20.4. The van der Waals surface area contributed by atoms with Crippen molar-refractivity contribution < 1.29 is 33.4 Å². The number of rotatable bonds is 8. The molecule has 0 atom stereocenters. The molecule has 53 heavy (non-hydrogen) atoms. The quantitative estimate of drug-likeness (QED) is 0.0608. The van der Waals surface area contributed by atoms with Gasteiger partial charge in [0.2, 0.25) is 0 Å². The van der Waals surface area contributed by atoms with Crippen LogP contribution in [-0.2, 0) is 30.5 Å². The zero-order chi connectivity index (χ0) is 37.8. The molecule has 2 fully saturated rings. The van der Waals surface area contributed by atoms with Crippen molar-refractivity contribution in [2.45, 2.75) is 135 Å². The van der Waals surface area contributed by atoms with Gasteiger partial charge in [0.05, 0.1) is 22.9 Å². The second-order valence-electron chi connectivity index (χ2n) is 15.8. The van der Waals surface area contributed by atoms with Crippen LogP contribution in [0.5, 0.6) is 0 Å². The third-order valence-electron chi connectivity index (χ3n) is 10.7. The van der Waals surface area contributed by atoms with Gasteiger partial charge in [-0.3, -0.25) is 4.55 Å². The average Bonchev–Trinajstić information content (AvgIpc) is 3.12. The van der Waals surface area contributed by atoms with Crippen LogP contribution in [0.25, 0.3) is 22.3 Å². The van der Waals surface area contributed by atoms with Crippen LogP contribution in [0.2, 0.25) is 0 Å². The van der Waals surface area contributed by atoms with Crippen LogP contribution in [0.3, 0.4) is 0 Å². The molecule has 292 valence electrons. The number of hydrogen-bond acceptors (Lipinski definition) is 3. The van der Waals surface area contributed by atoms with E-state index < -0.39 is 18.0 Å². The minimum atomic E-state index is -3.67. The first kappa shape index (κ1) is 45.1. The summed E-state index contributed by atoms with van der Waals surface area (Å²) in [5.41, 5.74) is 18.5. The molecular weight excluding hydrogens is 784 g/mol. The molecule has 4 nitrogen and oxygen atoms in total. The molecule has 2 aliphatic rings. The molecular formula is C46H64NO3PPdS. The maximum atomic E-state index is 9.19. The molecule has 0 heterocycles. The van der Waals surface area contributed by atoms with Crippen molar-refractivity contribution in [3.63, 3.8) is 0 Å². The molecule has 0 radical (unpaired) electrons.